The van der Waals surface area contributed by atoms with E-state index >= 15 is 0 Å². The summed E-state index contributed by atoms with van der Waals surface area (Å²) >= 11 is 3.25. The van der Waals surface area contributed by atoms with Gasteiger partial charge in [0.1, 0.15) is 11.5 Å². The van der Waals surface area contributed by atoms with E-state index in [2.05, 4.69) is 15.9 Å². The highest BCUT2D eigenvalue weighted by Crippen LogP contribution is 2.36. The summed E-state index contributed by atoms with van der Waals surface area (Å²) in [6.45, 7) is 1.97. The molecule has 0 radical (unpaired) electrons. The van der Waals surface area contributed by atoms with Gasteiger partial charge in [-0.15, -0.1) is 12.4 Å². The molecule has 0 unspecified atom stereocenters. The Hall–Kier alpha value is -0.450. The minimum Gasteiger partial charge on any atom is -0.506 e. The van der Waals surface area contributed by atoms with Gasteiger partial charge in [0.25, 0.3) is 0 Å². The highest BCUT2D eigenvalue weighted by atomic mass is 79.9. The molecule has 3 N–H and O–H groups in total. The van der Waals surface area contributed by atoms with Gasteiger partial charge in [0.2, 0.25) is 0 Å². The third kappa shape index (κ3) is 3.26. The minimum atomic E-state index is -0.165. The van der Waals surface area contributed by atoms with Crippen LogP contribution < -0.4 is 10.5 Å². The molecule has 3 nitrogen and oxygen atoms in total. The van der Waals surface area contributed by atoms with Crippen LogP contribution in [0, 0.1) is 0 Å². The van der Waals surface area contributed by atoms with Crippen LogP contribution in [0.2, 0.25) is 0 Å². The fourth-order valence-corrected chi connectivity index (χ4v) is 1.67. The Morgan fingerprint density at radius 1 is 1.53 bits per heavy atom. The zero-order valence-electron chi connectivity index (χ0n) is 8.66. The van der Waals surface area contributed by atoms with E-state index in [1.807, 2.05) is 6.92 Å². The molecule has 1 atom stereocenters. The van der Waals surface area contributed by atoms with Gasteiger partial charge in [-0.05, 0) is 34.5 Å². The molecule has 0 amide bonds. The zero-order valence-corrected chi connectivity index (χ0v) is 11.1. The van der Waals surface area contributed by atoms with Crippen LogP contribution in [0.15, 0.2) is 16.6 Å². The molecule has 1 aromatic rings. The molecule has 0 aliphatic heterocycles. The SMILES string of the molecule is CC[C@@H](N)c1cc(OC)cc(Br)c1O.Cl. The van der Waals surface area contributed by atoms with E-state index in [-0.39, 0.29) is 24.2 Å². The summed E-state index contributed by atoms with van der Waals surface area (Å²) in [6, 6.07) is 3.30. The number of ether oxygens (including phenoxy) is 1. The first-order valence-electron chi connectivity index (χ1n) is 4.42. The van der Waals surface area contributed by atoms with E-state index < -0.39 is 0 Å². The van der Waals surface area contributed by atoms with Crippen molar-refractivity contribution in [1.29, 1.82) is 0 Å². The van der Waals surface area contributed by atoms with Gasteiger partial charge in [0.15, 0.2) is 0 Å². The van der Waals surface area contributed by atoms with E-state index in [0.717, 1.165) is 6.42 Å². The molecule has 0 heterocycles. The molecule has 0 aromatic heterocycles. The smallest absolute Gasteiger partial charge is 0.134 e. The Morgan fingerprint density at radius 2 is 2.13 bits per heavy atom. The largest absolute Gasteiger partial charge is 0.506 e. The number of aromatic hydroxyl groups is 1. The molecule has 5 heteroatoms. The molecular formula is C10H15BrClNO2. The van der Waals surface area contributed by atoms with Crippen LogP contribution in [-0.4, -0.2) is 12.2 Å². The Labute approximate surface area is 104 Å². The Bertz CT molecular complexity index is 333. The van der Waals surface area contributed by atoms with Crippen molar-refractivity contribution in [2.45, 2.75) is 19.4 Å². The summed E-state index contributed by atoms with van der Waals surface area (Å²) < 4.78 is 5.70. The van der Waals surface area contributed by atoms with E-state index in [4.69, 9.17) is 10.5 Å². The number of hydrogen-bond acceptors (Lipinski definition) is 3. The van der Waals surface area contributed by atoms with Crippen LogP contribution in [-0.2, 0) is 0 Å². The lowest BCUT2D eigenvalue weighted by atomic mass is 10.0. The zero-order chi connectivity index (χ0) is 10.7. The third-order valence-corrected chi connectivity index (χ3v) is 2.75. The van der Waals surface area contributed by atoms with Crippen LogP contribution in [0.4, 0.5) is 0 Å². The number of hydrogen-bond donors (Lipinski definition) is 2. The second kappa shape index (κ2) is 6.20. The summed E-state index contributed by atoms with van der Waals surface area (Å²) in [7, 11) is 1.58. The molecule has 15 heavy (non-hydrogen) atoms. The fourth-order valence-electron chi connectivity index (χ4n) is 1.21. The van der Waals surface area contributed by atoms with Crippen molar-refractivity contribution in [3.63, 3.8) is 0 Å². The maximum Gasteiger partial charge on any atom is 0.134 e. The first kappa shape index (κ1) is 14.5. The van der Waals surface area contributed by atoms with Crippen LogP contribution >= 0.6 is 28.3 Å². The molecular weight excluding hydrogens is 281 g/mol. The van der Waals surface area contributed by atoms with E-state index in [1.54, 1.807) is 19.2 Å². The van der Waals surface area contributed by atoms with Crippen molar-refractivity contribution in [2.24, 2.45) is 5.73 Å². The lowest BCUT2D eigenvalue weighted by Gasteiger charge is -2.14. The molecule has 0 aliphatic rings. The van der Waals surface area contributed by atoms with Crippen molar-refractivity contribution in [2.75, 3.05) is 7.11 Å². The Morgan fingerprint density at radius 3 is 2.60 bits per heavy atom. The van der Waals surface area contributed by atoms with Gasteiger partial charge in [0, 0.05) is 11.6 Å². The Balaban J connectivity index is 0.00000196. The van der Waals surface area contributed by atoms with E-state index in [9.17, 15) is 5.11 Å². The molecule has 0 fully saturated rings. The first-order chi connectivity index (χ1) is 6.60. The third-order valence-electron chi connectivity index (χ3n) is 2.14. The number of rotatable bonds is 3. The van der Waals surface area contributed by atoms with Gasteiger partial charge in [-0.1, -0.05) is 6.92 Å². The van der Waals surface area contributed by atoms with Crippen molar-refractivity contribution in [1.82, 2.24) is 0 Å². The maximum absolute atomic E-state index is 9.74. The van der Waals surface area contributed by atoms with Crippen molar-refractivity contribution in [3.8, 4) is 11.5 Å². The van der Waals surface area contributed by atoms with Crippen molar-refractivity contribution in [3.05, 3.63) is 22.2 Å². The molecule has 1 rings (SSSR count). The predicted molar refractivity (Wildman–Crippen MR) is 66.8 cm³/mol. The monoisotopic (exact) mass is 295 g/mol. The van der Waals surface area contributed by atoms with E-state index in [0.29, 0.717) is 15.8 Å². The molecule has 86 valence electrons. The fraction of sp³-hybridized carbons (Fsp3) is 0.400. The highest BCUT2D eigenvalue weighted by Gasteiger charge is 2.13. The number of halogens is 2. The second-order valence-corrected chi connectivity index (χ2v) is 3.92. The van der Waals surface area contributed by atoms with Gasteiger partial charge in [-0.25, -0.2) is 0 Å². The molecule has 0 saturated heterocycles. The van der Waals surface area contributed by atoms with Gasteiger partial charge in [-0.2, -0.15) is 0 Å². The maximum atomic E-state index is 9.74. The number of methoxy groups -OCH3 is 1. The second-order valence-electron chi connectivity index (χ2n) is 3.06. The summed E-state index contributed by atoms with van der Waals surface area (Å²) in [5, 5.41) is 9.74. The lowest BCUT2D eigenvalue weighted by molar-refractivity contribution is 0.408. The molecule has 0 spiro atoms. The van der Waals surface area contributed by atoms with Crippen LogP contribution in [0.25, 0.3) is 0 Å². The van der Waals surface area contributed by atoms with Gasteiger partial charge in [0.05, 0.1) is 11.6 Å². The topological polar surface area (TPSA) is 55.5 Å². The summed E-state index contributed by atoms with van der Waals surface area (Å²) in [5.74, 6) is 0.883. The quantitative estimate of drug-likeness (QED) is 0.901. The van der Waals surface area contributed by atoms with E-state index in [1.165, 1.54) is 0 Å². The molecule has 1 aromatic carbocycles. The van der Waals surface area contributed by atoms with Crippen molar-refractivity contribution < 1.29 is 9.84 Å². The summed E-state index contributed by atoms with van der Waals surface area (Å²) in [6.07, 6.45) is 0.771. The van der Waals surface area contributed by atoms with Crippen LogP contribution in [0.3, 0.4) is 0 Å². The summed E-state index contributed by atoms with van der Waals surface area (Å²) in [5.41, 5.74) is 6.56. The number of phenols is 1. The normalized spacial score (nSPS) is 11.7. The average Bonchev–Trinajstić information content (AvgIpc) is 2.20. The van der Waals surface area contributed by atoms with Crippen LogP contribution in [0.1, 0.15) is 24.9 Å². The standard InChI is InChI=1S/C10H14BrNO2.ClH/c1-3-9(12)7-4-6(14-2)5-8(11)10(7)13;/h4-5,9,13H,3,12H2,1-2H3;1H/t9-;/m1./s1. The van der Waals surface area contributed by atoms with Gasteiger partial charge < -0.3 is 15.6 Å². The Kier molecular flexibility index (Phi) is 6.02. The molecule has 0 saturated carbocycles. The number of nitrogens with two attached hydrogens (primary N) is 1. The number of benzene rings is 1. The molecule has 0 bridgehead atoms. The van der Waals surface area contributed by atoms with Crippen LogP contribution in [0.5, 0.6) is 11.5 Å². The number of phenolic OH excluding ortho intramolecular Hbond substituents is 1. The molecule has 0 aliphatic carbocycles. The first-order valence-corrected chi connectivity index (χ1v) is 5.21. The minimum absolute atomic E-state index is 0. The van der Waals surface area contributed by atoms with Gasteiger partial charge in [-0.3, -0.25) is 0 Å². The highest BCUT2D eigenvalue weighted by molar-refractivity contribution is 9.10. The predicted octanol–water partition coefficient (Wildman–Crippen LogP) is 2.99. The lowest BCUT2D eigenvalue weighted by Crippen LogP contribution is -2.09. The average molecular weight is 297 g/mol. The van der Waals surface area contributed by atoms with Gasteiger partial charge >= 0.3 is 0 Å². The summed E-state index contributed by atoms with van der Waals surface area (Å²) in [4.78, 5) is 0. The van der Waals surface area contributed by atoms with Crippen molar-refractivity contribution >= 4 is 28.3 Å².